The van der Waals surface area contributed by atoms with Crippen molar-refractivity contribution in [1.82, 2.24) is 4.72 Å². The van der Waals surface area contributed by atoms with Gasteiger partial charge in [0.1, 0.15) is 0 Å². The van der Waals surface area contributed by atoms with Crippen LogP contribution in [0.15, 0.2) is 77.7 Å². The van der Waals surface area contributed by atoms with Gasteiger partial charge in [-0.05, 0) is 48.4 Å². The Labute approximate surface area is 180 Å². The van der Waals surface area contributed by atoms with E-state index in [1.165, 1.54) is 12.1 Å². The number of amides is 1. The molecule has 1 aliphatic heterocycles. The highest BCUT2D eigenvalue weighted by molar-refractivity contribution is 7.89. The summed E-state index contributed by atoms with van der Waals surface area (Å²) >= 11 is 6.21. The summed E-state index contributed by atoms with van der Waals surface area (Å²) in [5.41, 5.74) is 2.99. The molecule has 0 aromatic heterocycles. The lowest BCUT2D eigenvalue weighted by Crippen LogP contribution is -2.26. The summed E-state index contributed by atoms with van der Waals surface area (Å²) in [6.45, 7) is 1.79. The van der Waals surface area contributed by atoms with Crippen LogP contribution in [0.1, 0.15) is 29.7 Å². The molecular weight excluding hydrogens is 420 g/mol. The highest BCUT2D eigenvalue weighted by atomic mass is 35.5. The van der Waals surface area contributed by atoms with Crippen molar-refractivity contribution >= 4 is 44.9 Å². The van der Waals surface area contributed by atoms with E-state index in [2.05, 4.69) is 10.0 Å². The van der Waals surface area contributed by atoms with Gasteiger partial charge in [0, 0.05) is 27.9 Å². The number of sulfonamides is 1. The minimum atomic E-state index is -3.79. The lowest BCUT2D eigenvalue weighted by molar-refractivity contribution is -0.110. The van der Waals surface area contributed by atoms with Gasteiger partial charge < -0.3 is 5.32 Å². The van der Waals surface area contributed by atoms with E-state index in [9.17, 15) is 13.2 Å². The molecule has 1 unspecified atom stereocenters. The molecule has 7 heteroatoms. The number of hydrogen-bond acceptors (Lipinski definition) is 3. The van der Waals surface area contributed by atoms with Gasteiger partial charge >= 0.3 is 0 Å². The summed E-state index contributed by atoms with van der Waals surface area (Å²) in [5, 5.41) is 3.27. The van der Waals surface area contributed by atoms with Crippen LogP contribution in [-0.2, 0) is 14.8 Å². The van der Waals surface area contributed by atoms with Crippen molar-refractivity contribution in [3.05, 3.63) is 94.5 Å². The second-order valence-corrected chi connectivity index (χ2v) is 9.12. The maximum absolute atomic E-state index is 13.0. The fourth-order valence-electron chi connectivity index (χ4n) is 3.34. The largest absolute Gasteiger partial charge is 0.321 e. The predicted molar refractivity (Wildman–Crippen MR) is 120 cm³/mol. The first-order valence-electron chi connectivity index (χ1n) is 9.34. The summed E-state index contributed by atoms with van der Waals surface area (Å²) < 4.78 is 28.6. The number of fused-ring (bicyclic) bond motifs is 1. The van der Waals surface area contributed by atoms with Crippen LogP contribution >= 0.6 is 11.6 Å². The minimum absolute atomic E-state index is 0.0885. The third kappa shape index (κ3) is 4.03. The molecule has 0 spiro atoms. The van der Waals surface area contributed by atoms with Crippen LogP contribution in [0.5, 0.6) is 0 Å². The van der Waals surface area contributed by atoms with Gasteiger partial charge in [0.05, 0.1) is 4.90 Å². The van der Waals surface area contributed by atoms with Crippen LogP contribution in [0.4, 0.5) is 5.69 Å². The average molecular weight is 439 g/mol. The van der Waals surface area contributed by atoms with Crippen molar-refractivity contribution in [2.45, 2.75) is 17.9 Å². The average Bonchev–Trinajstić information content (AvgIpc) is 3.04. The van der Waals surface area contributed by atoms with E-state index in [0.29, 0.717) is 27.4 Å². The molecule has 0 saturated heterocycles. The highest BCUT2D eigenvalue weighted by Crippen LogP contribution is 2.35. The topological polar surface area (TPSA) is 75.3 Å². The molecule has 1 atom stereocenters. The standard InChI is InChI=1S/C23H19ClN2O3S/c1-15(16-7-3-2-4-8-16)26-30(28,29)18-11-12-22-19(14-18)20(23(27)25-22)13-17-9-5-6-10-21(17)24/h2-15,26H,1H3,(H,25,27)/b20-13+. The van der Waals surface area contributed by atoms with Gasteiger partial charge in [-0.1, -0.05) is 60.1 Å². The molecule has 4 rings (SSSR count). The number of nitrogens with one attached hydrogen (secondary N) is 2. The van der Waals surface area contributed by atoms with Crippen molar-refractivity contribution in [3.63, 3.8) is 0 Å². The van der Waals surface area contributed by atoms with Gasteiger partial charge in [-0.15, -0.1) is 0 Å². The van der Waals surface area contributed by atoms with Gasteiger partial charge in [-0.2, -0.15) is 0 Å². The Kier molecular flexibility index (Phi) is 5.47. The van der Waals surface area contributed by atoms with Crippen molar-refractivity contribution in [2.24, 2.45) is 0 Å². The summed E-state index contributed by atoms with van der Waals surface area (Å²) in [6, 6.07) is 20.7. The number of carbonyl (C=O) groups is 1. The smallest absolute Gasteiger partial charge is 0.256 e. The normalized spacial score (nSPS) is 15.7. The molecule has 0 radical (unpaired) electrons. The summed E-state index contributed by atoms with van der Waals surface area (Å²) in [5.74, 6) is -0.301. The zero-order valence-electron chi connectivity index (χ0n) is 16.1. The fourth-order valence-corrected chi connectivity index (χ4v) is 4.78. The molecule has 152 valence electrons. The first-order chi connectivity index (χ1) is 14.3. The Bertz CT molecular complexity index is 1250. The van der Waals surface area contributed by atoms with Crippen LogP contribution < -0.4 is 10.0 Å². The van der Waals surface area contributed by atoms with Crippen molar-refractivity contribution in [1.29, 1.82) is 0 Å². The molecule has 5 nitrogen and oxygen atoms in total. The Morgan fingerprint density at radius 3 is 2.43 bits per heavy atom. The van der Waals surface area contributed by atoms with Gasteiger partial charge in [0.15, 0.2) is 0 Å². The van der Waals surface area contributed by atoms with Crippen LogP contribution in [-0.4, -0.2) is 14.3 Å². The number of rotatable bonds is 5. The Hall–Kier alpha value is -2.93. The lowest BCUT2D eigenvalue weighted by Gasteiger charge is -2.15. The Balaban J connectivity index is 1.69. The van der Waals surface area contributed by atoms with E-state index >= 15 is 0 Å². The van der Waals surface area contributed by atoms with Crippen LogP contribution in [0, 0.1) is 0 Å². The molecule has 1 aliphatic rings. The molecule has 3 aromatic carbocycles. The Morgan fingerprint density at radius 2 is 1.70 bits per heavy atom. The fraction of sp³-hybridized carbons (Fsp3) is 0.0870. The molecule has 0 aliphatic carbocycles. The number of anilines is 1. The zero-order chi connectivity index (χ0) is 21.3. The molecule has 0 fully saturated rings. The molecule has 2 N–H and O–H groups in total. The van der Waals surface area contributed by atoms with Crippen LogP contribution in [0.3, 0.4) is 0 Å². The van der Waals surface area contributed by atoms with E-state index < -0.39 is 16.1 Å². The molecule has 1 amide bonds. The van der Waals surface area contributed by atoms with Gasteiger partial charge in [0.25, 0.3) is 5.91 Å². The van der Waals surface area contributed by atoms with Crippen molar-refractivity contribution in [3.8, 4) is 0 Å². The molecule has 30 heavy (non-hydrogen) atoms. The molecular formula is C23H19ClN2O3S. The monoisotopic (exact) mass is 438 g/mol. The third-order valence-corrected chi connectivity index (χ3v) is 6.80. The number of carbonyl (C=O) groups excluding carboxylic acids is 1. The number of hydrogen-bond donors (Lipinski definition) is 2. The second-order valence-electron chi connectivity index (χ2n) is 6.99. The summed E-state index contributed by atoms with van der Waals surface area (Å²) in [4.78, 5) is 12.6. The molecule has 1 heterocycles. The molecule has 0 saturated carbocycles. The SMILES string of the molecule is CC(NS(=O)(=O)c1ccc2c(c1)/C(=C\c1ccccc1Cl)C(=O)N2)c1ccccc1. The number of halogens is 1. The van der Waals surface area contributed by atoms with E-state index in [0.717, 1.165) is 5.56 Å². The minimum Gasteiger partial charge on any atom is -0.321 e. The first kappa shape index (κ1) is 20.3. The molecule has 3 aromatic rings. The van der Waals surface area contributed by atoms with Gasteiger partial charge in [-0.3, -0.25) is 4.79 Å². The maximum atomic E-state index is 13.0. The predicted octanol–water partition coefficient (Wildman–Crippen LogP) is 4.87. The van der Waals surface area contributed by atoms with Crippen LogP contribution in [0.2, 0.25) is 5.02 Å². The third-order valence-electron chi connectivity index (χ3n) is 4.92. The van der Waals surface area contributed by atoms with Crippen LogP contribution in [0.25, 0.3) is 11.6 Å². The Morgan fingerprint density at radius 1 is 1.00 bits per heavy atom. The zero-order valence-corrected chi connectivity index (χ0v) is 17.7. The quantitative estimate of drug-likeness (QED) is 0.558. The second kappa shape index (κ2) is 8.07. The summed E-state index contributed by atoms with van der Waals surface area (Å²) in [6.07, 6.45) is 1.67. The van der Waals surface area contributed by atoms with Gasteiger partial charge in [-0.25, -0.2) is 13.1 Å². The van der Waals surface area contributed by atoms with E-state index in [4.69, 9.17) is 11.6 Å². The van der Waals surface area contributed by atoms with E-state index in [1.54, 1.807) is 37.3 Å². The molecule has 0 bridgehead atoms. The van der Waals surface area contributed by atoms with E-state index in [-0.39, 0.29) is 10.8 Å². The summed E-state index contributed by atoms with van der Waals surface area (Å²) in [7, 11) is -3.79. The highest BCUT2D eigenvalue weighted by Gasteiger charge is 2.27. The number of benzene rings is 3. The van der Waals surface area contributed by atoms with Crippen molar-refractivity contribution < 1.29 is 13.2 Å². The first-order valence-corrected chi connectivity index (χ1v) is 11.2. The maximum Gasteiger partial charge on any atom is 0.256 e. The van der Waals surface area contributed by atoms with E-state index in [1.807, 2.05) is 36.4 Å². The van der Waals surface area contributed by atoms with Gasteiger partial charge in [0.2, 0.25) is 10.0 Å². The van der Waals surface area contributed by atoms with Crippen molar-refractivity contribution in [2.75, 3.05) is 5.32 Å². The lowest BCUT2D eigenvalue weighted by atomic mass is 10.0.